The molecular weight excluding hydrogens is 462 g/mol. The molecule has 0 spiro atoms. The van der Waals surface area contributed by atoms with E-state index in [2.05, 4.69) is 29.4 Å². The molecule has 0 fully saturated rings. The number of anilines is 2. The van der Waals surface area contributed by atoms with Crippen LogP contribution in [0.2, 0.25) is 0 Å². The molecule has 0 atom stereocenters. The quantitative estimate of drug-likeness (QED) is 0.328. The molecule has 1 aromatic carbocycles. The van der Waals surface area contributed by atoms with Crippen LogP contribution in [0.1, 0.15) is 12.2 Å². The van der Waals surface area contributed by atoms with Gasteiger partial charge in [0, 0.05) is 36.9 Å². The lowest BCUT2D eigenvalue weighted by Gasteiger charge is -2.09. The second-order valence-electron chi connectivity index (χ2n) is 7.10. The van der Waals surface area contributed by atoms with E-state index in [1.54, 1.807) is 30.6 Å². The van der Waals surface area contributed by atoms with Crippen molar-refractivity contribution >= 4 is 33.2 Å². The van der Waals surface area contributed by atoms with Gasteiger partial charge in [0.2, 0.25) is 21.9 Å². The minimum atomic E-state index is -3.62. The van der Waals surface area contributed by atoms with Crippen LogP contribution in [0.4, 0.5) is 11.6 Å². The zero-order chi connectivity index (χ0) is 23.3. The average molecular weight is 486 g/mol. The molecule has 4 aromatic rings. The highest BCUT2D eigenvalue weighted by molar-refractivity contribution is 7.89. The molecule has 0 aliphatic carbocycles. The Balaban J connectivity index is 1.34. The minimum Gasteiger partial charge on any atom is -0.477 e. The van der Waals surface area contributed by atoms with Crippen LogP contribution >= 0.6 is 11.5 Å². The van der Waals surface area contributed by atoms with Crippen LogP contribution in [-0.2, 0) is 17.1 Å². The molecule has 4 rings (SSSR count). The lowest BCUT2D eigenvalue weighted by Crippen LogP contribution is -2.25. The summed E-state index contributed by atoms with van der Waals surface area (Å²) in [4.78, 5) is 13.2. The number of sulfonamides is 1. The number of nitrogens with zero attached hydrogens (tertiary/aromatic N) is 5. The molecule has 33 heavy (non-hydrogen) atoms. The number of aryl methyl sites for hydroxylation is 1. The molecule has 0 saturated heterocycles. The van der Waals surface area contributed by atoms with Gasteiger partial charge in [-0.3, -0.25) is 0 Å². The fraction of sp³-hybridized carbons (Fsp3) is 0.238. The summed E-state index contributed by atoms with van der Waals surface area (Å²) in [5.41, 5.74) is 2.28. The number of rotatable bonds is 10. The Bertz CT molecular complexity index is 1300. The van der Waals surface area contributed by atoms with Crippen molar-refractivity contribution < 1.29 is 13.2 Å². The average Bonchev–Trinajstić information content (AvgIpc) is 3.44. The van der Waals surface area contributed by atoms with E-state index in [9.17, 15) is 8.42 Å². The fourth-order valence-corrected chi connectivity index (χ4v) is 4.49. The molecule has 0 aliphatic rings. The lowest BCUT2D eigenvalue weighted by molar-refractivity contribution is 0.303. The summed E-state index contributed by atoms with van der Waals surface area (Å²) in [5, 5.41) is 4.92. The summed E-state index contributed by atoms with van der Waals surface area (Å²) in [6.07, 6.45) is 3.95. The van der Waals surface area contributed by atoms with Gasteiger partial charge in [-0.05, 0) is 55.2 Å². The molecule has 0 bridgehead atoms. The van der Waals surface area contributed by atoms with E-state index in [-0.39, 0.29) is 11.4 Å². The largest absolute Gasteiger partial charge is 0.477 e. The second-order valence-corrected chi connectivity index (χ2v) is 9.53. The zero-order valence-electron chi connectivity index (χ0n) is 18.1. The summed E-state index contributed by atoms with van der Waals surface area (Å²) < 4.78 is 39.0. The predicted octanol–water partition coefficient (Wildman–Crippen LogP) is 3.13. The van der Waals surface area contributed by atoms with E-state index in [4.69, 9.17) is 4.74 Å². The van der Waals surface area contributed by atoms with Crippen LogP contribution in [0.15, 0.2) is 59.1 Å². The van der Waals surface area contributed by atoms with E-state index < -0.39 is 10.0 Å². The van der Waals surface area contributed by atoms with Crippen LogP contribution in [0.3, 0.4) is 0 Å². The maximum absolute atomic E-state index is 12.5. The van der Waals surface area contributed by atoms with Crippen molar-refractivity contribution in [1.29, 1.82) is 0 Å². The predicted molar refractivity (Wildman–Crippen MR) is 126 cm³/mol. The van der Waals surface area contributed by atoms with Gasteiger partial charge in [-0.25, -0.2) is 28.1 Å². The van der Waals surface area contributed by atoms with Crippen molar-refractivity contribution in [3.8, 4) is 17.3 Å². The maximum atomic E-state index is 12.5. The Morgan fingerprint density at radius 3 is 2.64 bits per heavy atom. The normalized spacial score (nSPS) is 11.5. The van der Waals surface area contributed by atoms with Gasteiger partial charge in [0.25, 0.3) is 0 Å². The van der Waals surface area contributed by atoms with Crippen LogP contribution < -0.4 is 14.8 Å². The monoisotopic (exact) mass is 485 g/mol. The van der Waals surface area contributed by atoms with Crippen LogP contribution in [0, 0.1) is 6.92 Å². The Labute approximate surface area is 195 Å². The van der Waals surface area contributed by atoms with Crippen LogP contribution in [0.25, 0.3) is 11.4 Å². The van der Waals surface area contributed by atoms with E-state index in [0.29, 0.717) is 30.5 Å². The number of imidazole rings is 1. The third-order valence-electron chi connectivity index (χ3n) is 4.84. The first-order valence-corrected chi connectivity index (χ1v) is 12.5. The van der Waals surface area contributed by atoms with Crippen molar-refractivity contribution in [2.24, 2.45) is 7.05 Å². The highest BCUT2D eigenvalue weighted by atomic mass is 32.2. The fourth-order valence-electron chi connectivity index (χ4n) is 2.96. The molecule has 3 aromatic heterocycles. The number of ether oxygens (including phenoxy) is 1. The molecule has 0 aliphatic heterocycles. The molecule has 0 saturated carbocycles. The molecular formula is C21H23N7O3S2. The van der Waals surface area contributed by atoms with E-state index in [1.165, 1.54) is 23.7 Å². The molecule has 172 valence electrons. The van der Waals surface area contributed by atoms with Crippen molar-refractivity contribution in [3.63, 3.8) is 0 Å². The number of nitrogens with one attached hydrogen (secondary N) is 2. The number of hydrogen-bond acceptors (Lipinski definition) is 9. The maximum Gasteiger partial charge on any atom is 0.240 e. The van der Waals surface area contributed by atoms with Gasteiger partial charge in [0.05, 0.1) is 29.1 Å². The van der Waals surface area contributed by atoms with Crippen LogP contribution in [0.5, 0.6) is 5.88 Å². The van der Waals surface area contributed by atoms with Crippen molar-refractivity contribution in [1.82, 2.24) is 28.6 Å². The Morgan fingerprint density at radius 1 is 1.12 bits per heavy atom. The first-order chi connectivity index (χ1) is 15.9. The van der Waals surface area contributed by atoms with Gasteiger partial charge >= 0.3 is 0 Å². The smallest absolute Gasteiger partial charge is 0.240 e. The van der Waals surface area contributed by atoms with Gasteiger partial charge < -0.3 is 14.6 Å². The topological polar surface area (TPSA) is 124 Å². The Hall–Kier alpha value is -3.35. The third-order valence-corrected chi connectivity index (χ3v) is 6.86. The summed E-state index contributed by atoms with van der Waals surface area (Å²) in [5.74, 6) is 1.84. The molecule has 12 heteroatoms. The van der Waals surface area contributed by atoms with Gasteiger partial charge in [-0.15, -0.1) is 0 Å². The SMILES string of the molecule is Cc1ncc(-c2ccnc(Nc3ccc(S(=O)(=O)NCCCOc4ccsn4)cc3)n2)n1C. The highest BCUT2D eigenvalue weighted by Crippen LogP contribution is 2.21. The van der Waals surface area contributed by atoms with Crippen molar-refractivity contribution in [2.75, 3.05) is 18.5 Å². The molecule has 0 radical (unpaired) electrons. The summed E-state index contributed by atoms with van der Waals surface area (Å²) in [6.45, 7) is 2.57. The molecule has 2 N–H and O–H groups in total. The summed E-state index contributed by atoms with van der Waals surface area (Å²) in [7, 11) is -1.69. The van der Waals surface area contributed by atoms with Gasteiger partial charge in [-0.2, -0.15) is 4.37 Å². The zero-order valence-corrected chi connectivity index (χ0v) is 19.7. The minimum absolute atomic E-state index is 0.175. The first kappa shape index (κ1) is 22.8. The standard InChI is InChI=1S/C21H23N7O3S2/c1-15-23-14-19(28(15)2)18-8-11-22-21(26-18)25-16-4-6-17(7-5-16)33(29,30)24-10-3-12-31-20-9-13-32-27-20/h4-9,11,13-14,24H,3,10,12H2,1-2H3,(H,22,25,26). The molecule has 0 unspecified atom stereocenters. The molecule has 10 nitrogen and oxygen atoms in total. The summed E-state index contributed by atoms with van der Waals surface area (Å²) >= 11 is 1.30. The van der Waals surface area contributed by atoms with Crippen molar-refractivity contribution in [2.45, 2.75) is 18.2 Å². The van der Waals surface area contributed by atoms with E-state index in [1.807, 2.05) is 30.0 Å². The van der Waals surface area contributed by atoms with Gasteiger partial charge in [0.1, 0.15) is 5.82 Å². The van der Waals surface area contributed by atoms with Crippen molar-refractivity contribution in [3.05, 3.63) is 60.0 Å². The summed E-state index contributed by atoms with van der Waals surface area (Å²) in [6, 6.07) is 9.99. The number of aromatic nitrogens is 5. The lowest BCUT2D eigenvalue weighted by atomic mass is 10.3. The first-order valence-electron chi connectivity index (χ1n) is 10.1. The third kappa shape index (κ3) is 5.72. The number of hydrogen-bond donors (Lipinski definition) is 2. The van der Waals surface area contributed by atoms with E-state index in [0.717, 1.165) is 17.2 Å². The van der Waals surface area contributed by atoms with E-state index >= 15 is 0 Å². The second kappa shape index (κ2) is 10.1. The van der Waals surface area contributed by atoms with Gasteiger partial charge in [0.15, 0.2) is 0 Å². The molecule has 3 heterocycles. The Morgan fingerprint density at radius 2 is 1.94 bits per heavy atom. The highest BCUT2D eigenvalue weighted by Gasteiger charge is 2.14. The molecule has 0 amide bonds. The van der Waals surface area contributed by atoms with Crippen LogP contribution in [-0.4, -0.2) is 45.5 Å². The Kier molecular flexibility index (Phi) is 6.96. The number of benzene rings is 1. The van der Waals surface area contributed by atoms with Gasteiger partial charge in [-0.1, -0.05) is 0 Å².